The number of fused-ring (bicyclic) bond motifs is 2. The lowest BCUT2D eigenvalue weighted by Gasteiger charge is -2.20. The first kappa shape index (κ1) is 8.28. The molecule has 3 unspecified atom stereocenters. The molecule has 2 rings (SSSR count). The Morgan fingerprint density at radius 3 is 2.67 bits per heavy atom. The van der Waals surface area contributed by atoms with Gasteiger partial charge in [-0.1, -0.05) is 13.3 Å². The van der Waals surface area contributed by atoms with E-state index in [0.717, 1.165) is 30.6 Å². The minimum absolute atomic E-state index is 0.479. The lowest BCUT2D eigenvalue weighted by molar-refractivity contribution is -0.120. The fraction of sp³-hybridized carbons (Fsp3) is 0.909. The van der Waals surface area contributed by atoms with Crippen molar-refractivity contribution in [3.63, 3.8) is 0 Å². The molecule has 0 spiro atoms. The number of rotatable bonds is 3. The van der Waals surface area contributed by atoms with Gasteiger partial charge in [-0.25, -0.2) is 0 Å². The van der Waals surface area contributed by atoms with E-state index >= 15 is 0 Å². The molecule has 0 heterocycles. The molecule has 2 saturated carbocycles. The molecule has 0 amide bonds. The van der Waals surface area contributed by atoms with Crippen LogP contribution in [-0.2, 0) is 4.79 Å². The maximum Gasteiger partial charge on any atom is 0.132 e. The van der Waals surface area contributed by atoms with Crippen molar-refractivity contribution in [1.82, 2.24) is 0 Å². The molecule has 0 aromatic heterocycles. The Labute approximate surface area is 74.5 Å². The maximum atomic E-state index is 11.2. The zero-order valence-electron chi connectivity index (χ0n) is 7.88. The summed E-state index contributed by atoms with van der Waals surface area (Å²) in [6.07, 6.45) is 7.28. The normalized spacial score (nSPS) is 38.9. The molecule has 0 aromatic rings. The van der Waals surface area contributed by atoms with Crippen LogP contribution < -0.4 is 0 Å². The summed E-state index contributed by atoms with van der Waals surface area (Å²) < 4.78 is 0. The molecule has 2 fully saturated rings. The van der Waals surface area contributed by atoms with E-state index in [9.17, 15) is 4.79 Å². The van der Waals surface area contributed by atoms with Crippen LogP contribution in [0.15, 0.2) is 0 Å². The minimum Gasteiger partial charge on any atom is -0.300 e. The van der Waals surface area contributed by atoms with Crippen LogP contribution in [-0.4, -0.2) is 5.78 Å². The van der Waals surface area contributed by atoms with Crippen LogP contribution in [0.4, 0.5) is 0 Å². The van der Waals surface area contributed by atoms with Crippen molar-refractivity contribution in [2.75, 3.05) is 0 Å². The zero-order valence-corrected chi connectivity index (χ0v) is 7.88. The highest BCUT2D eigenvalue weighted by molar-refractivity contribution is 5.78. The Morgan fingerprint density at radius 2 is 2.17 bits per heavy atom. The van der Waals surface area contributed by atoms with Gasteiger partial charge in [0.2, 0.25) is 0 Å². The lowest BCUT2D eigenvalue weighted by Crippen LogP contribution is -2.14. The topological polar surface area (TPSA) is 17.1 Å². The molecule has 0 aliphatic heterocycles. The Morgan fingerprint density at radius 1 is 1.33 bits per heavy atom. The quantitative estimate of drug-likeness (QED) is 0.630. The predicted octanol–water partition coefficient (Wildman–Crippen LogP) is 2.79. The van der Waals surface area contributed by atoms with Gasteiger partial charge in [0, 0.05) is 12.8 Å². The molecule has 12 heavy (non-hydrogen) atoms. The molecule has 3 atom stereocenters. The summed E-state index contributed by atoms with van der Waals surface area (Å²) >= 11 is 0. The molecule has 0 N–H and O–H groups in total. The first-order valence-corrected chi connectivity index (χ1v) is 5.31. The van der Waals surface area contributed by atoms with Crippen LogP contribution in [0.5, 0.6) is 0 Å². The summed E-state index contributed by atoms with van der Waals surface area (Å²) in [7, 11) is 0. The maximum absolute atomic E-state index is 11.2. The molecule has 1 nitrogen and oxygen atoms in total. The van der Waals surface area contributed by atoms with Crippen molar-refractivity contribution >= 4 is 5.78 Å². The van der Waals surface area contributed by atoms with Gasteiger partial charge in [-0.3, -0.25) is 4.79 Å². The number of carbonyl (C=O) groups excluding carboxylic acids is 1. The van der Waals surface area contributed by atoms with E-state index in [1.54, 1.807) is 0 Å². The van der Waals surface area contributed by atoms with E-state index in [2.05, 4.69) is 0 Å². The summed E-state index contributed by atoms with van der Waals surface area (Å²) in [6, 6.07) is 0. The second-order valence-corrected chi connectivity index (χ2v) is 4.53. The molecular weight excluding hydrogens is 148 g/mol. The van der Waals surface area contributed by atoms with E-state index in [1.165, 1.54) is 25.7 Å². The average molecular weight is 166 g/mol. The zero-order chi connectivity index (χ0) is 8.55. The Balaban J connectivity index is 1.86. The molecule has 1 heteroatoms. The smallest absolute Gasteiger partial charge is 0.132 e. The highest BCUT2D eigenvalue weighted by Crippen LogP contribution is 2.49. The van der Waals surface area contributed by atoms with Gasteiger partial charge < -0.3 is 0 Å². The van der Waals surface area contributed by atoms with Gasteiger partial charge in [0.25, 0.3) is 0 Å². The van der Waals surface area contributed by atoms with E-state index in [0.29, 0.717) is 5.78 Å². The largest absolute Gasteiger partial charge is 0.300 e. The fourth-order valence-electron chi connectivity index (χ4n) is 3.06. The lowest BCUT2D eigenvalue weighted by atomic mass is 9.85. The van der Waals surface area contributed by atoms with Crippen LogP contribution in [0.2, 0.25) is 0 Å². The minimum atomic E-state index is 0.479. The molecule has 0 radical (unpaired) electrons. The summed E-state index contributed by atoms with van der Waals surface area (Å²) in [4.78, 5) is 11.2. The third kappa shape index (κ3) is 1.41. The van der Waals surface area contributed by atoms with E-state index in [1.807, 2.05) is 6.92 Å². The van der Waals surface area contributed by atoms with Crippen LogP contribution in [0.25, 0.3) is 0 Å². The van der Waals surface area contributed by atoms with E-state index < -0.39 is 0 Å². The van der Waals surface area contributed by atoms with E-state index in [4.69, 9.17) is 0 Å². The van der Waals surface area contributed by atoms with Gasteiger partial charge in [0.15, 0.2) is 0 Å². The second kappa shape index (κ2) is 3.20. The predicted molar refractivity (Wildman–Crippen MR) is 48.9 cm³/mol. The van der Waals surface area contributed by atoms with Crippen LogP contribution in [0.3, 0.4) is 0 Å². The van der Waals surface area contributed by atoms with Crippen LogP contribution in [0.1, 0.15) is 45.4 Å². The molecule has 2 aliphatic rings. The van der Waals surface area contributed by atoms with Crippen LogP contribution in [0, 0.1) is 17.8 Å². The Bertz CT molecular complexity index is 185. The average Bonchev–Trinajstić information content (AvgIpc) is 2.64. The first-order chi connectivity index (χ1) is 5.79. The van der Waals surface area contributed by atoms with Gasteiger partial charge >= 0.3 is 0 Å². The number of Topliss-reactive ketones (excluding diaryl/α,β-unsaturated/α-hetero) is 1. The Hall–Kier alpha value is -0.330. The van der Waals surface area contributed by atoms with Crippen molar-refractivity contribution in [2.24, 2.45) is 17.8 Å². The highest BCUT2D eigenvalue weighted by atomic mass is 16.1. The molecule has 2 bridgehead atoms. The Kier molecular flexibility index (Phi) is 2.20. The summed E-state index contributed by atoms with van der Waals surface area (Å²) in [5.41, 5.74) is 0. The van der Waals surface area contributed by atoms with Gasteiger partial charge in [-0.05, 0) is 37.0 Å². The fourth-order valence-corrected chi connectivity index (χ4v) is 3.06. The van der Waals surface area contributed by atoms with Crippen molar-refractivity contribution in [3.05, 3.63) is 0 Å². The summed E-state index contributed by atoms with van der Waals surface area (Å²) in [6.45, 7) is 1.98. The van der Waals surface area contributed by atoms with Crippen molar-refractivity contribution in [3.8, 4) is 0 Å². The third-order valence-electron chi connectivity index (χ3n) is 3.77. The van der Waals surface area contributed by atoms with Gasteiger partial charge in [-0.15, -0.1) is 0 Å². The molecule has 2 aliphatic carbocycles. The summed E-state index contributed by atoms with van der Waals surface area (Å²) in [5.74, 6) is 3.17. The number of hydrogen-bond donors (Lipinski definition) is 0. The standard InChI is InChI=1S/C11H18O/c1-2-11(12)7-10-6-8-3-4-9(10)5-8/h8-10H,2-7H2,1H3. The number of hydrogen-bond acceptors (Lipinski definition) is 1. The number of carbonyl (C=O) groups is 1. The van der Waals surface area contributed by atoms with Crippen molar-refractivity contribution in [2.45, 2.75) is 45.4 Å². The third-order valence-corrected chi connectivity index (χ3v) is 3.77. The van der Waals surface area contributed by atoms with Crippen molar-refractivity contribution in [1.29, 1.82) is 0 Å². The number of ketones is 1. The SMILES string of the molecule is CCC(=O)CC1CC2CCC1C2. The highest BCUT2D eigenvalue weighted by Gasteiger charge is 2.39. The molecule has 68 valence electrons. The summed E-state index contributed by atoms with van der Waals surface area (Å²) in [5, 5.41) is 0. The van der Waals surface area contributed by atoms with Crippen LogP contribution >= 0.6 is 0 Å². The van der Waals surface area contributed by atoms with Gasteiger partial charge in [-0.2, -0.15) is 0 Å². The molecule has 0 aromatic carbocycles. The van der Waals surface area contributed by atoms with Crippen molar-refractivity contribution < 1.29 is 4.79 Å². The molecular formula is C11H18O. The van der Waals surface area contributed by atoms with Gasteiger partial charge in [0.1, 0.15) is 5.78 Å². The van der Waals surface area contributed by atoms with Gasteiger partial charge in [0.05, 0.1) is 0 Å². The first-order valence-electron chi connectivity index (χ1n) is 5.31. The van der Waals surface area contributed by atoms with E-state index in [-0.39, 0.29) is 0 Å². The second-order valence-electron chi connectivity index (χ2n) is 4.53. The molecule has 0 saturated heterocycles. The monoisotopic (exact) mass is 166 g/mol.